The number of allylic oxidation sites excluding steroid dienone is 2. The van der Waals surface area contributed by atoms with Crippen molar-refractivity contribution in [2.24, 2.45) is 0 Å². The zero-order valence-electron chi connectivity index (χ0n) is 16.7. The van der Waals surface area contributed by atoms with Gasteiger partial charge in [-0.2, -0.15) is 8.42 Å². The van der Waals surface area contributed by atoms with Crippen molar-refractivity contribution in [3.05, 3.63) is 12.2 Å². The predicted octanol–water partition coefficient (Wildman–Crippen LogP) is 5.23. The van der Waals surface area contributed by atoms with Gasteiger partial charge in [0, 0.05) is 0 Å². The molecule has 0 bridgehead atoms. The molecule has 0 unspecified atom stereocenters. The summed E-state index contributed by atoms with van der Waals surface area (Å²) in [4.78, 5) is 10.2. The Morgan fingerprint density at radius 3 is 1.52 bits per heavy atom. The SMILES string of the molecule is CCCCCCCC/C=C\CCCCCCCC([O])=O.CCS(=O)(=O)O.[NaH]. The van der Waals surface area contributed by atoms with Crippen molar-refractivity contribution < 1.29 is 22.9 Å². The first-order valence-electron chi connectivity index (χ1n) is 10.1. The van der Waals surface area contributed by atoms with E-state index in [1.165, 1.54) is 71.1 Å². The normalized spacial score (nSPS) is 10.9. The molecule has 0 aliphatic carbocycles. The number of carbonyl (C=O) groups excluding carboxylic acids is 1. The van der Waals surface area contributed by atoms with Gasteiger partial charge in [0.05, 0.1) is 12.2 Å². The van der Waals surface area contributed by atoms with Gasteiger partial charge in [0.1, 0.15) is 0 Å². The molecule has 0 aliphatic rings. The molecule has 0 amide bonds. The average Bonchev–Trinajstić information content (AvgIpc) is 2.58. The molecule has 0 aromatic rings. The molecule has 0 heterocycles. The van der Waals surface area contributed by atoms with Gasteiger partial charge in [-0.05, 0) is 39.0 Å². The first-order chi connectivity index (χ1) is 12.3. The molecular weight excluding hydrogens is 375 g/mol. The molecule has 0 aromatic carbocycles. The Bertz CT molecular complexity index is 436. The minimum atomic E-state index is -3.66. The summed E-state index contributed by atoms with van der Waals surface area (Å²) in [7, 11) is -3.66. The number of unbranched alkanes of at least 4 members (excludes halogenated alkanes) is 11. The Labute approximate surface area is 189 Å². The average molecular weight is 416 g/mol. The van der Waals surface area contributed by atoms with Gasteiger partial charge in [-0.25, -0.2) is 9.90 Å². The van der Waals surface area contributed by atoms with E-state index >= 15 is 0 Å². The molecule has 0 atom stereocenters. The van der Waals surface area contributed by atoms with Crippen molar-refractivity contribution in [1.82, 2.24) is 0 Å². The summed E-state index contributed by atoms with van der Waals surface area (Å²) in [5.74, 6) is -1.12. The van der Waals surface area contributed by atoms with Crippen LogP contribution < -0.4 is 0 Å². The summed E-state index contributed by atoms with van der Waals surface area (Å²) in [6.45, 7) is 3.63. The molecular formula is C20H40NaO5S. The third-order valence-electron chi connectivity index (χ3n) is 4.01. The number of carbonyl (C=O) groups is 1. The molecule has 7 heteroatoms. The maximum atomic E-state index is 10.2. The van der Waals surface area contributed by atoms with Crippen molar-refractivity contribution in [2.45, 2.75) is 104 Å². The summed E-state index contributed by atoms with van der Waals surface area (Å²) in [6, 6.07) is 0. The summed E-state index contributed by atoms with van der Waals surface area (Å²) in [6.07, 6.45) is 20.9. The first-order valence-corrected chi connectivity index (χ1v) is 11.7. The molecule has 1 radical (unpaired) electrons. The van der Waals surface area contributed by atoms with E-state index in [4.69, 9.17) is 4.55 Å². The molecule has 157 valence electrons. The zero-order valence-corrected chi connectivity index (χ0v) is 17.6. The number of rotatable bonds is 16. The quantitative estimate of drug-likeness (QED) is 0.162. The van der Waals surface area contributed by atoms with Gasteiger partial charge in [0.2, 0.25) is 0 Å². The van der Waals surface area contributed by atoms with Gasteiger partial charge in [0.25, 0.3) is 10.1 Å². The van der Waals surface area contributed by atoms with Crippen molar-refractivity contribution in [1.29, 1.82) is 0 Å². The van der Waals surface area contributed by atoms with Crippen LogP contribution in [0.4, 0.5) is 0 Å². The fourth-order valence-electron chi connectivity index (χ4n) is 2.34. The molecule has 0 aliphatic heterocycles. The van der Waals surface area contributed by atoms with Gasteiger partial charge >= 0.3 is 35.5 Å². The van der Waals surface area contributed by atoms with Gasteiger partial charge in [-0.1, -0.05) is 70.4 Å². The van der Waals surface area contributed by atoms with Crippen LogP contribution in [0.5, 0.6) is 0 Å². The third-order valence-corrected chi connectivity index (χ3v) is 4.74. The van der Waals surface area contributed by atoms with Crippen molar-refractivity contribution >= 4 is 45.6 Å². The van der Waals surface area contributed by atoms with Crippen LogP contribution in [0, 0.1) is 0 Å². The van der Waals surface area contributed by atoms with E-state index < -0.39 is 16.1 Å². The summed E-state index contributed by atoms with van der Waals surface area (Å²) in [5, 5.41) is 10.2. The van der Waals surface area contributed by atoms with E-state index in [2.05, 4.69) is 19.1 Å². The molecule has 27 heavy (non-hydrogen) atoms. The predicted molar refractivity (Wildman–Crippen MR) is 114 cm³/mol. The van der Waals surface area contributed by atoms with Crippen molar-refractivity contribution in [2.75, 3.05) is 5.75 Å². The van der Waals surface area contributed by atoms with Gasteiger partial charge in [0.15, 0.2) is 0 Å². The molecule has 0 spiro atoms. The second kappa shape index (κ2) is 24.2. The van der Waals surface area contributed by atoms with Gasteiger partial charge in [-0.15, -0.1) is 0 Å². The molecule has 1 N–H and O–H groups in total. The Kier molecular flexibility index (Phi) is 28.5. The Hall–Kier alpha value is 0.120. The van der Waals surface area contributed by atoms with Crippen LogP contribution in [0.1, 0.15) is 104 Å². The van der Waals surface area contributed by atoms with E-state index in [1.54, 1.807) is 0 Å². The van der Waals surface area contributed by atoms with Crippen LogP contribution in [0.15, 0.2) is 12.2 Å². The molecule has 0 saturated carbocycles. The van der Waals surface area contributed by atoms with Crippen molar-refractivity contribution in [3.8, 4) is 0 Å². The van der Waals surface area contributed by atoms with Crippen LogP contribution >= 0.6 is 0 Å². The molecule has 0 saturated heterocycles. The molecule has 0 rings (SSSR count). The van der Waals surface area contributed by atoms with E-state index in [9.17, 15) is 18.3 Å². The topological polar surface area (TPSA) is 91.3 Å². The van der Waals surface area contributed by atoms with Crippen LogP contribution in [0.25, 0.3) is 0 Å². The standard InChI is InChI=1S/C18H33O2.C2H6O3S.Na.H/c1-2-3-4-5-6-7-8-9-10-11-12-13-14-15-16-17-18(19)20;1-2-6(3,4)5;;/h9-10H,2-8,11-17H2,1H3;2H2,1H3,(H,3,4,5);;/b10-9-;;;. The van der Waals surface area contributed by atoms with Crippen LogP contribution in [0.2, 0.25) is 0 Å². The summed E-state index contributed by atoms with van der Waals surface area (Å²) >= 11 is 0. The summed E-state index contributed by atoms with van der Waals surface area (Å²) < 4.78 is 26.9. The van der Waals surface area contributed by atoms with E-state index in [0.717, 1.165) is 19.3 Å². The monoisotopic (exact) mass is 415 g/mol. The fraction of sp³-hybridized carbons (Fsp3) is 0.850. The Morgan fingerprint density at radius 2 is 1.15 bits per heavy atom. The van der Waals surface area contributed by atoms with Gasteiger partial charge in [-0.3, -0.25) is 4.55 Å². The zero-order chi connectivity index (χ0) is 20.1. The first kappa shape index (κ1) is 31.8. The summed E-state index contributed by atoms with van der Waals surface area (Å²) in [5.41, 5.74) is 0. The van der Waals surface area contributed by atoms with Crippen LogP contribution in [-0.4, -0.2) is 54.2 Å². The maximum absolute atomic E-state index is 10.2. The minimum absolute atomic E-state index is 0. The molecule has 5 nitrogen and oxygen atoms in total. The number of hydrogen-bond donors (Lipinski definition) is 1. The van der Waals surface area contributed by atoms with E-state index in [0.29, 0.717) is 0 Å². The Morgan fingerprint density at radius 1 is 0.778 bits per heavy atom. The Balaban J connectivity index is -0.000000709. The second-order valence-electron chi connectivity index (χ2n) is 6.58. The number of hydrogen-bond acceptors (Lipinski definition) is 3. The molecule has 0 aromatic heterocycles. The van der Waals surface area contributed by atoms with Crippen molar-refractivity contribution in [3.63, 3.8) is 0 Å². The fourth-order valence-corrected chi connectivity index (χ4v) is 2.34. The van der Waals surface area contributed by atoms with Crippen LogP contribution in [-0.2, 0) is 20.0 Å². The van der Waals surface area contributed by atoms with Gasteiger partial charge < -0.3 is 0 Å². The molecule has 0 fully saturated rings. The van der Waals surface area contributed by atoms with E-state index in [1.807, 2.05) is 0 Å². The second-order valence-corrected chi connectivity index (χ2v) is 8.32. The third kappa shape index (κ3) is 37.5. The van der Waals surface area contributed by atoms with Crippen LogP contribution in [0.3, 0.4) is 0 Å². The van der Waals surface area contributed by atoms with E-state index in [-0.39, 0.29) is 41.7 Å².